The molecule has 0 aromatic carbocycles. The third-order valence-corrected chi connectivity index (χ3v) is 0. The van der Waals surface area contributed by atoms with Gasteiger partial charge in [0, 0.05) is 9.61 Å². The lowest BCUT2D eigenvalue weighted by Gasteiger charge is -1.81. The SMILES string of the molecule is C[S+]([O-])Br. The van der Waals surface area contributed by atoms with Gasteiger partial charge >= 0.3 is 0 Å². The van der Waals surface area contributed by atoms with Crippen molar-refractivity contribution in [2.24, 2.45) is 0 Å². The highest BCUT2D eigenvalue weighted by Gasteiger charge is 1.73. The van der Waals surface area contributed by atoms with E-state index in [1.165, 1.54) is 0 Å². The third kappa shape index (κ3) is 14.3. The Morgan fingerprint density at radius 1 is 2.00 bits per heavy atom. The topological polar surface area (TPSA) is 23.1 Å². The normalized spacial score (nSPS) is 15.8. The van der Waals surface area contributed by atoms with Crippen LogP contribution >= 0.6 is 14.8 Å². The van der Waals surface area contributed by atoms with Gasteiger partial charge in [-0.25, -0.2) is 0 Å². The van der Waals surface area contributed by atoms with E-state index in [0.717, 1.165) is 0 Å². The van der Waals surface area contributed by atoms with Crippen LogP contribution in [0.25, 0.3) is 0 Å². The fraction of sp³-hybridized carbons (Fsp3) is 1.00. The van der Waals surface area contributed by atoms with Gasteiger partial charge in [-0.05, 0) is 0 Å². The average molecular weight is 143 g/mol. The van der Waals surface area contributed by atoms with Crippen molar-refractivity contribution in [3.8, 4) is 0 Å². The first-order valence-electron chi connectivity index (χ1n) is 0.729. The summed E-state index contributed by atoms with van der Waals surface area (Å²) in [6.07, 6.45) is 1.56. The van der Waals surface area contributed by atoms with E-state index < -0.39 is 9.61 Å². The van der Waals surface area contributed by atoms with Gasteiger partial charge in [0.2, 0.25) is 14.8 Å². The molecule has 1 atom stereocenters. The molecule has 4 heavy (non-hydrogen) atoms. The van der Waals surface area contributed by atoms with Crippen molar-refractivity contribution >= 4 is 24.4 Å². The van der Waals surface area contributed by atoms with Crippen LogP contribution in [0.2, 0.25) is 0 Å². The van der Waals surface area contributed by atoms with Gasteiger partial charge in [0.25, 0.3) is 0 Å². The minimum absolute atomic E-state index is 0.799. The number of hydrogen-bond donors (Lipinski definition) is 0. The van der Waals surface area contributed by atoms with Crippen LogP contribution in [-0.4, -0.2) is 10.8 Å². The van der Waals surface area contributed by atoms with Crippen LogP contribution < -0.4 is 0 Å². The standard InChI is InChI=1S/CH3BrOS/c1-4(2)3/h1H3. The Hall–Kier alpha value is 0.790. The molecule has 26 valence electrons. The van der Waals surface area contributed by atoms with E-state index in [9.17, 15) is 4.55 Å². The molecule has 0 fully saturated rings. The van der Waals surface area contributed by atoms with Crippen LogP contribution in [0.4, 0.5) is 0 Å². The molecule has 0 heterocycles. The Bertz CT molecular complexity index is 12.8. The van der Waals surface area contributed by atoms with Gasteiger partial charge in [-0.1, -0.05) is 0 Å². The molecular formula is CH3BrOS. The smallest absolute Gasteiger partial charge is 0.230 e. The van der Waals surface area contributed by atoms with Gasteiger partial charge < -0.3 is 4.55 Å². The zero-order valence-corrected chi connectivity index (χ0v) is 4.60. The summed E-state index contributed by atoms with van der Waals surface area (Å²) < 4.78 is 9.47. The quantitative estimate of drug-likeness (QED) is 0.457. The highest BCUT2D eigenvalue weighted by Crippen LogP contribution is 1.89. The van der Waals surface area contributed by atoms with E-state index in [1.807, 2.05) is 0 Å². The molecule has 0 aromatic heterocycles. The van der Waals surface area contributed by atoms with Crippen molar-refractivity contribution in [1.82, 2.24) is 0 Å². The van der Waals surface area contributed by atoms with Crippen LogP contribution in [-0.2, 0) is 9.61 Å². The maximum absolute atomic E-state index is 9.47. The predicted molar refractivity (Wildman–Crippen MR) is 23.0 cm³/mol. The van der Waals surface area contributed by atoms with Crippen LogP contribution in [0.3, 0.4) is 0 Å². The van der Waals surface area contributed by atoms with Gasteiger partial charge in [-0.15, -0.1) is 0 Å². The first-order valence-corrected chi connectivity index (χ1v) is 4.13. The van der Waals surface area contributed by atoms with E-state index >= 15 is 0 Å². The maximum Gasteiger partial charge on any atom is 0.230 e. The highest BCUT2D eigenvalue weighted by atomic mass is 79.9. The molecule has 0 aromatic rings. The van der Waals surface area contributed by atoms with Crippen LogP contribution in [0.15, 0.2) is 0 Å². The first kappa shape index (κ1) is 4.79. The molecule has 0 aliphatic carbocycles. The molecule has 0 spiro atoms. The van der Waals surface area contributed by atoms with Crippen molar-refractivity contribution < 1.29 is 4.55 Å². The second-order valence-electron chi connectivity index (χ2n) is 0.384. The lowest BCUT2D eigenvalue weighted by molar-refractivity contribution is 0.615. The first-order chi connectivity index (χ1) is 1.73. The van der Waals surface area contributed by atoms with Crippen LogP contribution in [0, 0.1) is 0 Å². The third-order valence-electron chi connectivity index (χ3n) is 0. The minimum Gasteiger partial charge on any atom is -0.606 e. The van der Waals surface area contributed by atoms with Gasteiger partial charge in [0.15, 0.2) is 0 Å². The lowest BCUT2D eigenvalue weighted by Crippen LogP contribution is -1.74. The van der Waals surface area contributed by atoms with E-state index in [-0.39, 0.29) is 0 Å². The van der Waals surface area contributed by atoms with E-state index in [0.29, 0.717) is 0 Å². The summed E-state index contributed by atoms with van der Waals surface area (Å²) >= 11 is 2.74. The second-order valence-corrected chi connectivity index (χ2v) is 3.89. The van der Waals surface area contributed by atoms with Gasteiger partial charge in [0.1, 0.15) is 6.26 Å². The van der Waals surface area contributed by atoms with Gasteiger partial charge in [-0.3, -0.25) is 0 Å². The molecule has 0 aliphatic rings. The summed E-state index contributed by atoms with van der Waals surface area (Å²) in [7, 11) is -0.799. The monoisotopic (exact) mass is 142 g/mol. The Kier molecular flexibility index (Phi) is 2.46. The fourth-order valence-corrected chi connectivity index (χ4v) is 0. The molecule has 1 nitrogen and oxygen atoms in total. The van der Waals surface area contributed by atoms with Crippen molar-refractivity contribution in [2.75, 3.05) is 6.26 Å². The predicted octanol–water partition coefficient (Wildman–Crippen LogP) is 0.675. The molecule has 0 saturated heterocycles. The summed E-state index contributed by atoms with van der Waals surface area (Å²) in [6, 6.07) is 0. The zero-order chi connectivity index (χ0) is 3.58. The second kappa shape index (κ2) is 2.05. The Balaban J connectivity index is 2.32. The zero-order valence-electron chi connectivity index (χ0n) is 2.19. The summed E-state index contributed by atoms with van der Waals surface area (Å²) in [6.45, 7) is 0. The largest absolute Gasteiger partial charge is 0.606 e. The Morgan fingerprint density at radius 3 is 2.00 bits per heavy atom. The Labute approximate surface area is 35.8 Å². The lowest BCUT2D eigenvalue weighted by atomic mass is 12.0. The van der Waals surface area contributed by atoms with E-state index in [4.69, 9.17) is 0 Å². The molecule has 0 aliphatic heterocycles. The number of hydrogen-bond acceptors (Lipinski definition) is 1. The molecule has 0 amide bonds. The highest BCUT2D eigenvalue weighted by molar-refractivity contribution is 9.47. The summed E-state index contributed by atoms with van der Waals surface area (Å²) in [5.41, 5.74) is 0. The van der Waals surface area contributed by atoms with Crippen molar-refractivity contribution in [2.45, 2.75) is 0 Å². The van der Waals surface area contributed by atoms with Gasteiger partial charge in [-0.2, -0.15) is 0 Å². The van der Waals surface area contributed by atoms with Crippen LogP contribution in [0.5, 0.6) is 0 Å². The number of halogens is 1. The molecule has 0 rings (SSSR count). The fourth-order valence-electron chi connectivity index (χ4n) is 0. The molecular weight excluding hydrogens is 140 g/mol. The van der Waals surface area contributed by atoms with Crippen molar-refractivity contribution in [3.63, 3.8) is 0 Å². The molecule has 3 heteroatoms. The molecule has 0 radical (unpaired) electrons. The minimum atomic E-state index is -0.799. The van der Waals surface area contributed by atoms with Crippen molar-refractivity contribution in [3.05, 3.63) is 0 Å². The van der Waals surface area contributed by atoms with Crippen LogP contribution in [0.1, 0.15) is 0 Å². The maximum atomic E-state index is 9.47. The summed E-state index contributed by atoms with van der Waals surface area (Å²) in [5, 5.41) is 0. The average Bonchev–Trinajstić information content (AvgIpc) is 0.811. The summed E-state index contributed by atoms with van der Waals surface area (Å²) in [4.78, 5) is 0. The molecule has 1 unspecified atom stereocenters. The molecule has 0 bridgehead atoms. The van der Waals surface area contributed by atoms with Gasteiger partial charge in [0.05, 0.1) is 0 Å². The van der Waals surface area contributed by atoms with Crippen molar-refractivity contribution in [1.29, 1.82) is 0 Å². The van der Waals surface area contributed by atoms with E-state index in [2.05, 4.69) is 14.8 Å². The molecule has 0 N–H and O–H groups in total. The molecule has 0 saturated carbocycles. The Morgan fingerprint density at radius 2 is 2.00 bits per heavy atom. The number of rotatable bonds is 0. The summed E-state index contributed by atoms with van der Waals surface area (Å²) in [5.74, 6) is 0. The van der Waals surface area contributed by atoms with E-state index in [1.54, 1.807) is 6.26 Å².